The summed E-state index contributed by atoms with van der Waals surface area (Å²) in [7, 11) is 1.83. The third-order valence-corrected chi connectivity index (χ3v) is 4.33. The highest BCUT2D eigenvalue weighted by Gasteiger charge is 2.24. The molecule has 1 aliphatic heterocycles. The largest absolute Gasteiger partial charge is 0.370 e. The number of nitrogens with one attached hydrogen (secondary N) is 1. The van der Waals surface area contributed by atoms with E-state index in [2.05, 4.69) is 55.9 Å². The van der Waals surface area contributed by atoms with Gasteiger partial charge in [-0.15, -0.1) is 0 Å². The van der Waals surface area contributed by atoms with E-state index in [0.29, 0.717) is 6.61 Å². The number of imidazole rings is 1. The first kappa shape index (κ1) is 16.5. The summed E-state index contributed by atoms with van der Waals surface area (Å²) in [5, 5.41) is 3.44. The highest BCUT2D eigenvalue weighted by Crippen LogP contribution is 2.24. The van der Waals surface area contributed by atoms with Crippen molar-refractivity contribution >= 4 is 5.96 Å². The topological polar surface area (TPSA) is 54.7 Å². The van der Waals surface area contributed by atoms with E-state index in [4.69, 9.17) is 4.74 Å². The van der Waals surface area contributed by atoms with E-state index in [-0.39, 0.29) is 6.10 Å². The first-order chi connectivity index (χ1) is 11.8. The SMILES string of the molecule is CN=C(NCCn1ccnc1)N1CCOC(c2ccccc2C)C1. The van der Waals surface area contributed by atoms with Crippen LogP contribution in [0.25, 0.3) is 0 Å². The molecule has 0 aliphatic carbocycles. The van der Waals surface area contributed by atoms with E-state index in [1.807, 2.05) is 19.6 Å². The van der Waals surface area contributed by atoms with Gasteiger partial charge in [0.25, 0.3) is 0 Å². The van der Waals surface area contributed by atoms with Crippen LogP contribution in [0.3, 0.4) is 0 Å². The highest BCUT2D eigenvalue weighted by molar-refractivity contribution is 5.80. The summed E-state index contributed by atoms with van der Waals surface area (Å²) in [4.78, 5) is 10.8. The van der Waals surface area contributed by atoms with Crippen molar-refractivity contribution in [1.82, 2.24) is 19.8 Å². The van der Waals surface area contributed by atoms with Crippen LogP contribution in [0.1, 0.15) is 17.2 Å². The van der Waals surface area contributed by atoms with Crippen molar-refractivity contribution in [3.63, 3.8) is 0 Å². The summed E-state index contributed by atoms with van der Waals surface area (Å²) in [6.45, 7) is 6.19. The van der Waals surface area contributed by atoms with Crippen LogP contribution in [0, 0.1) is 6.92 Å². The van der Waals surface area contributed by atoms with Crippen molar-refractivity contribution in [3.8, 4) is 0 Å². The lowest BCUT2D eigenvalue weighted by Gasteiger charge is -2.35. The van der Waals surface area contributed by atoms with E-state index in [1.54, 1.807) is 6.20 Å². The number of guanidine groups is 1. The molecule has 1 fully saturated rings. The van der Waals surface area contributed by atoms with Gasteiger partial charge in [0.05, 0.1) is 19.5 Å². The first-order valence-corrected chi connectivity index (χ1v) is 8.36. The zero-order chi connectivity index (χ0) is 16.8. The molecule has 0 saturated carbocycles. The molecule has 0 radical (unpaired) electrons. The van der Waals surface area contributed by atoms with Gasteiger partial charge in [0.2, 0.25) is 0 Å². The lowest BCUT2D eigenvalue weighted by Crippen LogP contribution is -2.48. The number of hydrogen-bond acceptors (Lipinski definition) is 3. The van der Waals surface area contributed by atoms with Crippen LogP contribution in [0.15, 0.2) is 48.0 Å². The Balaban J connectivity index is 1.59. The van der Waals surface area contributed by atoms with Gasteiger partial charge in [-0.1, -0.05) is 24.3 Å². The van der Waals surface area contributed by atoms with Crippen LogP contribution in [0.2, 0.25) is 0 Å². The summed E-state index contributed by atoms with van der Waals surface area (Å²) in [6.07, 6.45) is 5.68. The van der Waals surface area contributed by atoms with Crippen molar-refractivity contribution < 1.29 is 4.74 Å². The van der Waals surface area contributed by atoms with Gasteiger partial charge in [-0.3, -0.25) is 4.99 Å². The maximum Gasteiger partial charge on any atom is 0.193 e. The molecule has 2 heterocycles. The maximum atomic E-state index is 6.00. The molecule has 1 aromatic carbocycles. The Labute approximate surface area is 143 Å². The van der Waals surface area contributed by atoms with Gasteiger partial charge in [-0.05, 0) is 18.1 Å². The van der Waals surface area contributed by atoms with Gasteiger partial charge < -0.3 is 19.5 Å². The maximum absolute atomic E-state index is 6.00. The normalized spacial score (nSPS) is 18.7. The van der Waals surface area contributed by atoms with Crippen molar-refractivity contribution in [2.45, 2.75) is 19.6 Å². The van der Waals surface area contributed by atoms with Crippen LogP contribution in [-0.4, -0.2) is 53.7 Å². The van der Waals surface area contributed by atoms with Crippen LogP contribution in [-0.2, 0) is 11.3 Å². The van der Waals surface area contributed by atoms with Crippen molar-refractivity contribution in [2.75, 3.05) is 33.3 Å². The minimum Gasteiger partial charge on any atom is -0.370 e. The molecule has 1 aromatic heterocycles. The number of hydrogen-bond donors (Lipinski definition) is 1. The van der Waals surface area contributed by atoms with Gasteiger partial charge in [0, 0.05) is 39.1 Å². The summed E-state index contributed by atoms with van der Waals surface area (Å²) in [5.41, 5.74) is 2.53. The molecule has 0 amide bonds. The van der Waals surface area contributed by atoms with E-state index in [1.165, 1.54) is 11.1 Å². The molecular weight excluding hydrogens is 302 g/mol. The Morgan fingerprint density at radius 2 is 2.29 bits per heavy atom. The fraction of sp³-hybridized carbons (Fsp3) is 0.444. The molecule has 2 aromatic rings. The van der Waals surface area contributed by atoms with Gasteiger partial charge in [-0.2, -0.15) is 0 Å². The first-order valence-electron chi connectivity index (χ1n) is 8.36. The fourth-order valence-electron chi connectivity index (χ4n) is 3.03. The smallest absolute Gasteiger partial charge is 0.193 e. The molecule has 1 N–H and O–H groups in total. The average molecular weight is 327 g/mol. The van der Waals surface area contributed by atoms with Crippen molar-refractivity contribution in [1.29, 1.82) is 0 Å². The standard InChI is InChI=1S/C18H25N5O/c1-15-5-3-4-6-16(15)17-13-23(11-12-24-17)18(19-2)21-8-10-22-9-7-20-14-22/h3-7,9,14,17H,8,10-13H2,1-2H3,(H,19,21). The monoisotopic (exact) mass is 327 g/mol. The van der Waals surface area contributed by atoms with E-state index < -0.39 is 0 Å². The van der Waals surface area contributed by atoms with Crippen LogP contribution >= 0.6 is 0 Å². The number of ether oxygens (including phenoxy) is 1. The van der Waals surface area contributed by atoms with Gasteiger partial charge in [0.15, 0.2) is 5.96 Å². The predicted molar refractivity (Wildman–Crippen MR) is 95.0 cm³/mol. The number of aryl methyl sites for hydroxylation is 1. The number of benzene rings is 1. The van der Waals surface area contributed by atoms with E-state index >= 15 is 0 Å². The Morgan fingerprint density at radius 3 is 3.04 bits per heavy atom. The minimum absolute atomic E-state index is 0.0900. The number of rotatable bonds is 4. The second-order valence-corrected chi connectivity index (χ2v) is 5.94. The lowest BCUT2D eigenvalue weighted by atomic mass is 10.0. The molecule has 6 nitrogen and oxygen atoms in total. The van der Waals surface area contributed by atoms with Gasteiger partial charge >= 0.3 is 0 Å². The van der Waals surface area contributed by atoms with E-state index in [9.17, 15) is 0 Å². The fourth-order valence-corrected chi connectivity index (χ4v) is 3.03. The Kier molecular flexibility index (Phi) is 5.48. The molecule has 0 spiro atoms. The predicted octanol–water partition coefficient (Wildman–Crippen LogP) is 1.84. The highest BCUT2D eigenvalue weighted by atomic mass is 16.5. The van der Waals surface area contributed by atoms with Gasteiger partial charge in [-0.25, -0.2) is 4.98 Å². The third kappa shape index (κ3) is 3.94. The second-order valence-electron chi connectivity index (χ2n) is 5.94. The number of morpholine rings is 1. The summed E-state index contributed by atoms with van der Waals surface area (Å²) < 4.78 is 8.05. The third-order valence-electron chi connectivity index (χ3n) is 4.33. The second kappa shape index (κ2) is 7.97. The van der Waals surface area contributed by atoms with E-state index in [0.717, 1.165) is 32.1 Å². The number of aliphatic imine (C=N–C) groups is 1. The van der Waals surface area contributed by atoms with Crippen LogP contribution in [0.5, 0.6) is 0 Å². The molecule has 128 valence electrons. The molecule has 1 unspecified atom stereocenters. The molecule has 3 rings (SSSR count). The lowest BCUT2D eigenvalue weighted by molar-refractivity contribution is -0.00831. The van der Waals surface area contributed by atoms with Crippen molar-refractivity contribution in [3.05, 3.63) is 54.1 Å². The molecule has 1 aliphatic rings. The Bertz CT molecular complexity index is 668. The number of nitrogens with zero attached hydrogens (tertiary/aromatic N) is 4. The van der Waals surface area contributed by atoms with Crippen molar-refractivity contribution in [2.24, 2.45) is 4.99 Å². The zero-order valence-electron chi connectivity index (χ0n) is 14.4. The Morgan fingerprint density at radius 1 is 1.42 bits per heavy atom. The molecule has 6 heteroatoms. The van der Waals surface area contributed by atoms with Crippen LogP contribution < -0.4 is 5.32 Å². The quantitative estimate of drug-likeness (QED) is 0.688. The summed E-state index contributed by atoms with van der Waals surface area (Å²) >= 11 is 0. The molecule has 0 bridgehead atoms. The molecule has 24 heavy (non-hydrogen) atoms. The number of aromatic nitrogens is 2. The molecule has 1 saturated heterocycles. The van der Waals surface area contributed by atoms with Gasteiger partial charge in [0.1, 0.15) is 6.10 Å². The average Bonchev–Trinajstić information content (AvgIpc) is 3.13. The minimum atomic E-state index is 0.0900. The Hall–Kier alpha value is -2.34. The summed E-state index contributed by atoms with van der Waals surface area (Å²) in [6, 6.07) is 8.42. The zero-order valence-corrected chi connectivity index (χ0v) is 14.4. The molecule has 1 atom stereocenters. The van der Waals surface area contributed by atoms with Crippen LogP contribution in [0.4, 0.5) is 0 Å². The molecular formula is C18H25N5O. The summed E-state index contributed by atoms with van der Waals surface area (Å²) in [5.74, 6) is 0.928.